The lowest BCUT2D eigenvalue weighted by atomic mass is 10.1. The van der Waals surface area contributed by atoms with Crippen LogP contribution < -0.4 is 5.32 Å². The van der Waals surface area contributed by atoms with E-state index in [0.29, 0.717) is 13.0 Å². The number of hydrogen-bond donors (Lipinski definition) is 2. The molecular weight excluding hydrogens is 266 g/mol. The molecule has 1 unspecified atom stereocenters. The summed E-state index contributed by atoms with van der Waals surface area (Å²) >= 11 is 0. The van der Waals surface area contributed by atoms with Gasteiger partial charge in [-0.1, -0.05) is 50.1 Å². The van der Waals surface area contributed by atoms with Gasteiger partial charge in [-0.05, 0) is 18.6 Å². The van der Waals surface area contributed by atoms with Crippen molar-refractivity contribution < 1.29 is 14.3 Å². The fourth-order valence-corrected chi connectivity index (χ4v) is 2.18. The predicted octanol–water partition coefficient (Wildman–Crippen LogP) is 3.68. The first-order valence-corrected chi connectivity index (χ1v) is 7.31. The normalized spacial score (nSPS) is 12.2. The molecule has 0 amide bonds. The van der Waals surface area contributed by atoms with Gasteiger partial charge in [-0.15, -0.1) is 0 Å². The number of furan rings is 1. The highest BCUT2D eigenvalue weighted by atomic mass is 16.4. The zero-order chi connectivity index (χ0) is 15.1. The first-order valence-electron chi connectivity index (χ1n) is 7.31. The van der Waals surface area contributed by atoms with Gasteiger partial charge < -0.3 is 9.52 Å². The predicted molar refractivity (Wildman–Crippen MR) is 81.9 cm³/mol. The Labute approximate surface area is 124 Å². The summed E-state index contributed by atoms with van der Waals surface area (Å²) in [6, 6.07) is 13.1. The summed E-state index contributed by atoms with van der Waals surface area (Å²) in [4.78, 5) is 11.2. The summed E-state index contributed by atoms with van der Waals surface area (Å²) in [7, 11) is 0. The van der Waals surface area contributed by atoms with Crippen LogP contribution in [0.2, 0.25) is 0 Å². The van der Waals surface area contributed by atoms with Gasteiger partial charge in [0.15, 0.2) is 0 Å². The third-order valence-electron chi connectivity index (χ3n) is 3.39. The van der Waals surface area contributed by atoms with E-state index in [0.717, 1.165) is 29.9 Å². The molecule has 112 valence electrons. The number of rotatable bonds is 8. The maximum atomic E-state index is 11.2. The SMILES string of the molecule is CCCCC(NCc1ccc(-c2ccccc2)o1)C(=O)O. The molecule has 21 heavy (non-hydrogen) atoms. The minimum Gasteiger partial charge on any atom is -0.480 e. The summed E-state index contributed by atoms with van der Waals surface area (Å²) in [5.74, 6) is 0.739. The standard InChI is InChI=1S/C17H21NO3/c1-2-3-9-15(17(19)20)18-12-14-10-11-16(21-14)13-7-5-4-6-8-13/h4-8,10-11,15,18H,2-3,9,12H2,1H3,(H,19,20). The number of aliphatic carboxylic acids is 1. The molecule has 0 radical (unpaired) electrons. The quantitative estimate of drug-likeness (QED) is 0.777. The van der Waals surface area contributed by atoms with Crippen LogP contribution in [-0.4, -0.2) is 17.1 Å². The van der Waals surface area contributed by atoms with Gasteiger partial charge in [0.2, 0.25) is 0 Å². The number of carboxylic acid groups (broad SMARTS) is 1. The van der Waals surface area contributed by atoms with Crippen LogP contribution in [0.3, 0.4) is 0 Å². The second kappa shape index (κ2) is 7.64. The van der Waals surface area contributed by atoms with Crippen molar-refractivity contribution in [3.63, 3.8) is 0 Å². The number of nitrogens with one attached hydrogen (secondary N) is 1. The molecule has 1 aromatic heterocycles. The van der Waals surface area contributed by atoms with Crippen molar-refractivity contribution in [1.82, 2.24) is 5.32 Å². The number of carboxylic acids is 1. The van der Waals surface area contributed by atoms with Crippen molar-refractivity contribution in [3.05, 3.63) is 48.2 Å². The Bertz CT molecular complexity index is 562. The second-order valence-electron chi connectivity index (χ2n) is 5.05. The van der Waals surface area contributed by atoms with Gasteiger partial charge in [-0.25, -0.2) is 0 Å². The van der Waals surface area contributed by atoms with E-state index in [9.17, 15) is 4.79 Å². The van der Waals surface area contributed by atoms with E-state index in [-0.39, 0.29) is 0 Å². The molecule has 0 saturated carbocycles. The smallest absolute Gasteiger partial charge is 0.320 e. The van der Waals surface area contributed by atoms with Crippen LogP contribution >= 0.6 is 0 Å². The van der Waals surface area contributed by atoms with Crippen LogP contribution in [0.5, 0.6) is 0 Å². The van der Waals surface area contributed by atoms with E-state index in [1.165, 1.54) is 0 Å². The van der Waals surface area contributed by atoms with Crippen molar-refractivity contribution in [2.75, 3.05) is 0 Å². The molecule has 0 bridgehead atoms. The zero-order valence-electron chi connectivity index (χ0n) is 12.2. The molecule has 4 nitrogen and oxygen atoms in total. The summed E-state index contributed by atoms with van der Waals surface area (Å²) < 4.78 is 5.75. The molecule has 4 heteroatoms. The molecule has 0 aliphatic heterocycles. The van der Waals surface area contributed by atoms with E-state index < -0.39 is 12.0 Å². The molecular formula is C17H21NO3. The van der Waals surface area contributed by atoms with Gasteiger partial charge in [-0.3, -0.25) is 10.1 Å². The van der Waals surface area contributed by atoms with Gasteiger partial charge in [0, 0.05) is 5.56 Å². The third-order valence-corrected chi connectivity index (χ3v) is 3.39. The van der Waals surface area contributed by atoms with Crippen LogP contribution in [0.1, 0.15) is 31.9 Å². The molecule has 2 aromatic rings. The lowest BCUT2D eigenvalue weighted by Gasteiger charge is -2.12. The maximum Gasteiger partial charge on any atom is 0.320 e. The second-order valence-corrected chi connectivity index (χ2v) is 5.05. The fraction of sp³-hybridized carbons (Fsp3) is 0.353. The highest BCUT2D eigenvalue weighted by Gasteiger charge is 2.16. The Morgan fingerprint density at radius 3 is 2.67 bits per heavy atom. The summed E-state index contributed by atoms with van der Waals surface area (Å²) in [6.45, 7) is 2.48. The van der Waals surface area contributed by atoms with E-state index in [1.807, 2.05) is 42.5 Å². The highest BCUT2D eigenvalue weighted by Crippen LogP contribution is 2.21. The molecule has 1 aromatic carbocycles. The van der Waals surface area contributed by atoms with Gasteiger partial charge in [0.25, 0.3) is 0 Å². The number of hydrogen-bond acceptors (Lipinski definition) is 3. The monoisotopic (exact) mass is 287 g/mol. The first kappa shape index (κ1) is 15.3. The third kappa shape index (κ3) is 4.46. The molecule has 0 spiro atoms. The Morgan fingerprint density at radius 2 is 2.00 bits per heavy atom. The minimum absolute atomic E-state index is 0.424. The lowest BCUT2D eigenvalue weighted by molar-refractivity contribution is -0.139. The van der Waals surface area contributed by atoms with Crippen molar-refractivity contribution in [1.29, 1.82) is 0 Å². The summed E-state index contributed by atoms with van der Waals surface area (Å²) in [5, 5.41) is 12.2. The summed E-state index contributed by atoms with van der Waals surface area (Å²) in [5.41, 5.74) is 1.02. The van der Waals surface area contributed by atoms with E-state index in [1.54, 1.807) is 0 Å². The number of benzene rings is 1. The topological polar surface area (TPSA) is 62.5 Å². The highest BCUT2D eigenvalue weighted by molar-refractivity contribution is 5.73. The van der Waals surface area contributed by atoms with Crippen LogP contribution in [-0.2, 0) is 11.3 Å². The van der Waals surface area contributed by atoms with Crippen LogP contribution in [0.15, 0.2) is 46.9 Å². The molecule has 0 aliphatic carbocycles. The molecule has 0 fully saturated rings. The Hall–Kier alpha value is -2.07. The van der Waals surface area contributed by atoms with Gasteiger partial charge in [-0.2, -0.15) is 0 Å². The van der Waals surface area contributed by atoms with E-state index >= 15 is 0 Å². The molecule has 1 heterocycles. The first-order chi connectivity index (χ1) is 10.2. The van der Waals surface area contributed by atoms with Crippen LogP contribution in [0.4, 0.5) is 0 Å². The van der Waals surface area contributed by atoms with Crippen LogP contribution in [0, 0.1) is 0 Å². The van der Waals surface area contributed by atoms with Crippen LogP contribution in [0.25, 0.3) is 11.3 Å². The minimum atomic E-state index is -0.807. The molecule has 2 rings (SSSR count). The average molecular weight is 287 g/mol. The van der Waals surface area contributed by atoms with Crippen molar-refractivity contribution in [3.8, 4) is 11.3 Å². The van der Waals surface area contributed by atoms with Gasteiger partial charge in [0.1, 0.15) is 17.6 Å². The van der Waals surface area contributed by atoms with Crippen molar-refractivity contribution >= 4 is 5.97 Å². The molecule has 2 N–H and O–H groups in total. The molecule has 0 saturated heterocycles. The molecule has 1 atom stereocenters. The number of carbonyl (C=O) groups is 1. The average Bonchev–Trinajstić information content (AvgIpc) is 2.97. The Morgan fingerprint density at radius 1 is 1.24 bits per heavy atom. The maximum absolute atomic E-state index is 11.2. The van der Waals surface area contributed by atoms with Gasteiger partial charge >= 0.3 is 5.97 Å². The van der Waals surface area contributed by atoms with E-state index in [4.69, 9.17) is 9.52 Å². The number of unbranched alkanes of at least 4 members (excludes halogenated alkanes) is 1. The molecule has 0 aliphatic rings. The lowest BCUT2D eigenvalue weighted by Crippen LogP contribution is -2.36. The van der Waals surface area contributed by atoms with Gasteiger partial charge in [0.05, 0.1) is 6.54 Å². The Kier molecular flexibility index (Phi) is 5.58. The zero-order valence-corrected chi connectivity index (χ0v) is 12.2. The van der Waals surface area contributed by atoms with E-state index in [2.05, 4.69) is 12.2 Å². The summed E-state index contributed by atoms with van der Waals surface area (Å²) in [6.07, 6.45) is 2.53. The Balaban J connectivity index is 1.94. The van der Waals surface area contributed by atoms with Crippen molar-refractivity contribution in [2.45, 2.75) is 38.8 Å². The van der Waals surface area contributed by atoms with Crippen molar-refractivity contribution in [2.24, 2.45) is 0 Å². The largest absolute Gasteiger partial charge is 0.480 e. The fourth-order valence-electron chi connectivity index (χ4n) is 2.18.